The number of aromatic nitrogens is 2. The van der Waals surface area contributed by atoms with Gasteiger partial charge in [0.05, 0.1) is 0 Å². The second kappa shape index (κ2) is 8.60. The van der Waals surface area contributed by atoms with Crippen LogP contribution in [0.15, 0.2) is 73.3 Å². The number of halogens is 4. The number of benzene rings is 1. The van der Waals surface area contributed by atoms with E-state index in [1.807, 2.05) is 24.5 Å². The number of para-hydroxylation sites is 1. The molecule has 0 aliphatic rings. The van der Waals surface area contributed by atoms with E-state index in [4.69, 9.17) is 0 Å². The van der Waals surface area contributed by atoms with E-state index >= 15 is 0 Å². The Balaban J connectivity index is 0.000000431. The molecular formula is C19H19BF4N2. The molecule has 0 bridgehead atoms. The van der Waals surface area contributed by atoms with Crippen LogP contribution in [0.2, 0.25) is 0 Å². The van der Waals surface area contributed by atoms with Crippen LogP contribution in [-0.2, 0) is 0 Å². The van der Waals surface area contributed by atoms with Crippen LogP contribution in [0.25, 0.3) is 16.8 Å². The van der Waals surface area contributed by atoms with Gasteiger partial charge in [-0.3, -0.25) is 4.98 Å². The normalized spacial score (nSPS) is 11.0. The molecule has 0 saturated carbocycles. The lowest BCUT2D eigenvalue weighted by Gasteiger charge is -2.08. The van der Waals surface area contributed by atoms with Gasteiger partial charge in [0.25, 0.3) is 0 Å². The maximum Gasteiger partial charge on any atom is 0.673 e. The van der Waals surface area contributed by atoms with Gasteiger partial charge in [-0.1, -0.05) is 32.0 Å². The third-order valence-corrected chi connectivity index (χ3v) is 3.68. The second-order valence-electron chi connectivity index (χ2n) is 5.94. The SMILES string of the molecule is CC(C)c1ccccc1-[n+]1ccc(-c2ccncc2)cc1.F[B-](F)(F)F. The van der Waals surface area contributed by atoms with E-state index in [2.05, 4.69) is 72.2 Å². The van der Waals surface area contributed by atoms with E-state index in [0.717, 1.165) is 0 Å². The predicted octanol–water partition coefficient (Wildman–Crippen LogP) is 5.45. The molecule has 0 N–H and O–H groups in total. The van der Waals surface area contributed by atoms with Crippen LogP contribution in [0, 0.1) is 0 Å². The van der Waals surface area contributed by atoms with Gasteiger partial charge in [-0.25, -0.2) is 0 Å². The molecular weight excluding hydrogens is 343 g/mol. The third kappa shape index (κ3) is 5.99. The summed E-state index contributed by atoms with van der Waals surface area (Å²) < 4.78 is 41.2. The first-order valence-corrected chi connectivity index (χ1v) is 8.14. The van der Waals surface area contributed by atoms with Crippen molar-refractivity contribution in [2.75, 3.05) is 0 Å². The van der Waals surface area contributed by atoms with E-state index in [1.54, 1.807) is 0 Å². The fraction of sp³-hybridized carbons (Fsp3) is 0.158. The Morgan fingerprint density at radius 2 is 1.31 bits per heavy atom. The molecule has 3 rings (SSSR count). The predicted molar refractivity (Wildman–Crippen MR) is 95.5 cm³/mol. The molecule has 2 heterocycles. The van der Waals surface area contributed by atoms with Gasteiger partial charge in [0.1, 0.15) is 0 Å². The smallest absolute Gasteiger partial charge is 0.418 e. The highest BCUT2D eigenvalue weighted by Crippen LogP contribution is 2.20. The number of hydrogen-bond acceptors (Lipinski definition) is 1. The molecule has 136 valence electrons. The van der Waals surface area contributed by atoms with E-state index in [0.29, 0.717) is 5.92 Å². The van der Waals surface area contributed by atoms with Crippen LogP contribution in [0.4, 0.5) is 17.3 Å². The van der Waals surface area contributed by atoms with Gasteiger partial charge in [0.2, 0.25) is 5.69 Å². The van der Waals surface area contributed by atoms with Gasteiger partial charge in [-0.15, -0.1) is 0 Å². The molecule has 0 fully saturated rings. The van der Waals surface area contributed by atoms with Gasteiger partial charge >= 0.3 is 7.25 Å². The van der Waals surface area contributed by atoms with Crippen molar-refractivity contribution in [1.29, 1.82) is 0 Å². The van der Waals surface area contributed by atoms with Gasteiger partial charge in [-0.05, 0) is 29.2 Å². The molecule has 0 aliphatic carbocycles. The Morgan fingerprint density at radius 3 is 1.85 bits per heavy atom. The second-order valence-corrected chi connectivity index (χ2v) is 5.94. The zero-order chi connectivity index (χ0) is 19.2. The molecule has 3 aromatic rings. The van der Waals surface area contributed by atoms with Gasteiger partial charge < -0.3 is 17.3 Å². The first-order chi connectivity index (χ1) is 12.3. The number of hydrogen-bond donors (Lipinski definition) is 0. The quantitative estimate of drug-likeness (QED) is 0.344. The van der Waals surface area contributed by atoms with E-state index < -0.39 is 7.25 Å². The molecule has 0 atom stereocenters. The topological polar surface area (TPSA) is 16.8 Å². The minimum Gasteiger partial charge on any atom is -0.418 e. The summed E-state index contributed by atoms with van der Waals surface area (Å²) in [6, 6.07) is 16.9. The maximum atomic E-state index is 9.75. The third-order valence-electron chi connectivity index (χ3n) is 3.68. The van der Waals surface area contributed by atoms with Crippen LogP contribution in [0.5, 0.6) is 0 Å². The van der Waals surface area contributed by atoms with Crippen LogP contribution < -0.4 is 4.57 Å². The standard InChI is InChI=1S/C19H19N2.BF4/c1-15(2)18-5-3-4-6-19(18)21-13-9-17(10-14-21)16-7-11-20-12-8-16;2-1(3,4)5/h3-15H,1-2H3;/q+1;-1. The lowest BCUT2D eigenvalue weighted by molar-refractivity contribution is -0.596. The highest BCUT2D eigenvalue weighted by atomic mass is 19.5. The summed E-state index contributed by atoms with van der Waals surface area (Å²) in [4.78, 5) is 4.06. The fourth-order valence-corrected chi connectivity index (χ4v) is 2.53. The lowest BCUT2D eigenvalue weighted by atomic mass is 10.0. The van der Waals surface area contributed by atoms with Crippen molar-refractivity contribution in [3.63, 3.8) is 0 Å². The Hall–Kier alpha value is -2.70. The summed E-state index contributed by atoms with van der Waals surface area (Å²) in [5.74, 6) is 0.508. The van der Waals surface area contributed by atoms with Crippen molar-refractivity contribution in [3.8, 4) is 16.8 Å². The number of nitrogens with zero attached hydrogens (tertiary/aromatic N) is 2. The van der Waals surface area contributed by atoms with Gasteiger partial charge in [-0.2, -0.15) is 4.57 Å². The van der Waals surface area contributed by atoms with Crippen molar-refractivity contribution >= 4 is 7.25 Å². The molecule has 0 saturated heterocycles. The van der Waals surface area contributed by atoms with Crippen molar-refractivity contribution in [1.82, 2.24) is 4.98 Å². The van der Waals surface area contributed by atoms with Crippen molar-refractivity contribution < 1.29 is 21.8 Å². The molecule has 7 heteroatoms. The Morgan fingerprint density at radius 1 is 0.808 bits per heavy atom. The van der Waals surface area contributed by atoms with E-state index in [1.165, 1.54) is 22.4 Å². The molecule has 1 aromatic carbocycles. The zero-order valence-electron chi connectivity index (χ0n) is 14.5. The molecule has 0 radical (unpaired) electrons. The van der Waals surface area contributed by atoms with Crippen molar-refractivity contribution in [2.24, 2.45) is 0 Å². The van der Waals surface area contributed by atoms with Gasteiger partial charge in [0.15, 0.2) is 12.4 Å². The Kier molecular flexibility index (Phi) is 6.49. The average Bonchev–Trinajstić information content (AvgIpc) is 2.61. The minimum atomic E-state index is -6.00. The molecule has 2 nitrogen and oxygen atoms in total. The minimum absolute atomic E-state index is 0.508. The van der Waals surface area contributed by atoms with Crippen molar-refractivity contribution in [2.45, 2.75) is 19.8 Å². The fourth-order valence-electron chi connectivity index (χ4n) is 2.53. The van der Waals surface area contributed by atoms with Crippen molar-refractivity contribution in [3.05, 3.63) is 78.9 Å². The largest absolute Gasteiger partial charge is 0.673 e. The summed E-state index contributed by atoms with van der Waals surface area (Å²) >= 11 is 0. The zero-order valence-corrected chi connectivity index (χ0v) is 14.5. The molecule has 0 aliphatic heterocycles. The first-order valence-electron chi connectivity index (χ1n) is 8.14. The summed E-state index contributed by atoms with van der Waals surface area (Å²) in [5, 5.41) is 0. The van der Waals surface area contributed by atoms with Crippen LogP contribution in [0.1, 0.15) is 25.3 Å². The maximum absolute atomic E-state index is 9.75. The van der Waals surface area contributed by atoms with Crippen LogP contribution in [0.3, 0.4) is 0 Å². The number of rotatable bonds is 3. The Bertz CT molecular complexity index is 813. The van der Waals surface area contributed by atoms with E-state index in [-0.39, 0.29) is 0 Å². The monoisotopic (exact) mass is 362 g/mol. The highest BCUT2D eigenvalue weighted by molar-refractivity contribution is 6.50. The Labute approximate surface area is 150 Å². The molecule has 2 aromatic heterocycles. The van der Waals surface area contributed by atoms with E-state index in [9.17, 15) is 17.3 Å². The average molecular weight is 362 g/mol. The first kappa shape index (κ1) is 19.6. The summed E-state index contributed by atoms with van der Waals surface area (Å²) in [6.07, 6.45) is 7.89. The van der Waals surface area contributed by atoms with Crippen LogP contribution >= 0.6 is 0 Å². The molecule has 0 spiro atoms. The number of pyridine rings is 2. The summed E-state index contributed by atoms with van der Waals surface area (Å²) in [5.41, 5.74) is 5.00. The lowest BCUT2D eigenvalue weighted by Crippen LogP contribution is -2.31. The highest BCUT2D eigenvalue weighted by Gasteiger charge is 2.20. The summed E-state index contributed by atoms with van der Waals surface area (Å²) in [6.45, 7) is 4.45. The molecule has 0 amide bonds. The van der Waals surface area contributed by atoms with Crippen LogP contribution in [-0.4, -0.2) is 12.2 Å². The molecule has 26 heavy (non-hydrogen) atoms. The molecule has 0 unspecified atom stereocenters. The summed E-state index contributed by atoms with van der Waals surface area (Å²) in [7, 11) is -6.00. The van der Waals surface area contributed by atoms with Gasteiger partial charge in [0, 0.05) is 36.2 Å².